The minimum atomic E-state index is 0.633. The lowest BCUT2D eigenvalue weighted by molar-refractivity contribution is 0.249. The van der Waals surface area contributed by atoms with Crippen molar-refractivity contribution in [1.82, 2.24) is 10.2 Å². The van der Waals surface area contributed by atoms with E-state index in [4.69, 9.17) is 9.47 Å². The van der Waals surface area contributed by atoms with Crippen molar-refractivity contribution < 1.29 is 9.47 Å². The third kappa shape index (κ3) is 5.38. The molecule has 0 amide bonds. The van der Waals surface area contributed by atoms with Gasteiger partial charge in [0.1, 0.15) is 6.61 Å². The van der Waals surface area contributed by atoms with Crippen molar-refractivity contribution in [3.8, 4) is 11.5 Å². The van der Waals surface area contributed by atoms with E-state index in [1.54, 1.807) is 7.11 Å². The van der Waals surface area contributed by atoms with Crippen LogP contribution in [0.3, 0.4) is 0 Å². The van der Waals surface area contributed by atoms with Crippen molar-refractivity contribution in [3.05, 3.63) is 22.2 Å². The Labute approximate surface area is 124 Å². The zero-order valence-electron chi connectivity index (χ0n) is 12.1. The molecule has 1 rings (SSSR count). The van der Waals surface area contributed by atoms with Gasteiger partial charge in [0.2, 0.25) is 0 Å². The predicted molar refractivity (Wildman–Crippen MR) is 82.1 cm³/mol. The zero-order valence-corrected chi connectivity index (χ0v) is 13.7. The number of hydrogen-bond donors (Lipinski definition) is 1. The van der Waals surface area contributed by atoms with Crippen LogP contribution in [0.4, 0.5) is 0 Å². The second-order valence-corrected chi connectivity index (χ2v) is 5.40. The number of nitrogens with zero attached hydrogens (tertiary/aromatic N) is 1. The van der Waals surface area contributed by atoms with Crippen LogP contribution in [0.5, 0.6) is 11.5 Å². The molecule has 0 saturated heterocycles. The first-order valence-corrected chi connectivity index (χ1v) is 7.22. The van der Waals surface area contributed by atoms with E-state index < -0.39 is 0 Å². The van der Waals surface area contributed by atoms with Crippen molar-refractivity contribution in [2.45, 2.75) is 13.5 Å². The molecule has 0 aliphatic heterocycles. The molecule has 0 unspecified atom stereocenters. The summed E-state index contributed by atoms with van der Waals surface area (Å²) in [5.74, 6) is 1.53. The first-order chi connectivity index (χ1) is 9.08. The van der Waals surface area contributed by atoms with Crippen LogP contribution >= 0.6 is 15.9 Å². The number of ether oxygens (including phenoxy) is 2. The van der Waals surface area contributed by atoms with Gasteiger partial charge in [-0.05, 0) is 54.3 Å². The number of halogens is 1. The SMILES string of the molecule is CCNCc1cc(Br)c(OCCN(C)C)c(OC)c1. The van der Waals surface area contributed by atoms with Gasteiger partial charge < -0.3 is 19.7 Å². The predicted octanol–water partition coefficient (Wildman–Crippen LogP) is 2.51. The summed E-state index contributed by atoms with van der Waals surface area (Å²) in [4.78, 5) is 2.08. The van der Waals surface area contributed by atoms with Gasteiger partial charge in [-0.2, -0.15) is 0 Å². The fraction of sp³-hybridized carbons (Fsp3) is 0.571. The third-order valence-electron chi connectivity index (χ3n) is 2.65. The lowest BCUT2D eigenvalue weighted by atomic mass is 10.2. The Morgan fingerprint density at radius 2 is 2.05 bits per heavy atom. The fourth-order valence-corrected chi connectivity index (χ4v) is 2.22. The number of rotatable bonds is 8. The second-order valence-electron chi connectivity index (χ2n) is 4.54. The van der Waals surface area contributed by atoms with E-state index in [0.717, 1.165) is 35.6 Å². The molecule has 1 aromatic rings. The third-order valence-corrected chi connectivity index (χ3v) is 3.24. The zero-order chi connectivity index (χ0) is 14.3. The van der Waals surface area contributed by atoms with E-state index in [1.165, 1.54) is 5.56 Å². The summed E-state index contributed by atoms with van der Waals surface area (Å²) in [7, 11) is 5.71. The standard InChI is InChI=1S/C14H23BrN2O2/c1-5-16-10-11-8-12(15)14(13(9-11)18-4)19-7-6-17(2)3/h8-9,16H,5-7,10H2,1-4H3. The number of nitrogens with one attached hydrogen (secondary N) is 1. The molecule has 0 aromatic heterocycles. The van der Waals surface area contributed by atoms with Gasteiger partial charge in [-0.3, -0.25) is 0 Å². The lowest BCUT2D eigenvalue weighted by Crippen LogP contribution is -2.19. The topological polar surface area (TPSA) is 33.7 Å². The summed E-state index contributed by atoms with van der Waals surface area (Å²) in [6.45, 7) is 5.36. The summed E-state index contributed by atoms with van der Waals surface area (Å²) in [6, 6.07) is 4.08. The maximum atomic E-state index is 5.80. The van der Waals surface area contributed by atoms with Gasteiger partial charge in [-0.15, -0.1) is 0 Å². The molecule has 0 aliphatic carbocycles. The Balaban J connectivity index is 2.79. The molecule has 0 saturated carbocycles. The molecule has 108 valence electrons. The highest BCUT2D eigenvalue weighted by Gasteiger charge is 2.11. The van der Waals surface area contributed by atoms with Gasteiger partial charge in [0.25, 0.3) is 0 Å². The Bertz CT molecular complexity index is 397. The van der Waals surface area contributed by atoms with Gasteiger partial charge in [0.15, 0.2) is 11.5 Å². The smallest absolute Gasteiger partial charge is 0.175 e. The maximum absolute atomic E-state index is 5.80. The molecule has 4 nitrogen and oxygen atoms in total. The summed E-state index contributed by atoms with van der Waals surface area (Å²) >= 11 is 3.55. The lowest BCUT2D eigenvalue weighted by Gasteiger charge is -2.16. The molecule has 19 heavy (non-hydrogen) atoms. The Kier molecular flexibility index (Phi) is 7.20. The summed E-state index contributed by atoms with van der Waals surface area (Å²) in [5.41, 5.74) is 1.17. The summed E-state index contributed by atoms with van der Waals surface area (Å²) in [6.07, 6.45) is 0. The molecule has 1 aromatic carbocycles. The molecule has 0 bridgehead atoms. The second kappa shape index (κ2) is 8.40. The van der Waals surface area contributed by atoms with Crippen LogP contribution in [0.2, 0.25) is 0 Å². The van der Waals surface area contributed by atoms with Crippen LogP contribution in [0.1, 0.15) is 12.5 Å². The van der Waals surface area contributed by atoms with Crippen LogP contribution in [-0.4, -0.2) is 45.8 Å². The molecule has 0 aliphatic rings. The van der Waals surface area contributed by atoms with E-state index >= 15 is 0 Å². The van der Waals surface area contributed by atoms with E-state index in [0.29, 0.717) is 6.61 Å². The summed E-state index contributed by atoms with van der Waals surface area (Å²) in [5, 5.41) is 3.30. The number of methoxy groups -OCH3 is 1. The van der Waals surface area contributed by atoms with Crippen LogP contribution in [0, 0.1) is 0 Å². The highest BCUT2D eigenvalue weighted by Crippen LogP contribution is 2.36. The van der Waals surface area contributed by atoms with E-state index in [2.05, 4.69) is 39.1 Å². The van der Waals surface area contributed by atoms with Crippen LogP contribution in [0.15, 0.2) is 16.6 Å². The Morgan fingerprint density at radius 1 is 1.32 bits per heavy atom. The minimum Gasteiger partial charge on any atom is -0.493 e. The highest BCUT2D eigenvalue weighted by molar-refractivity contribution is 9.10. The van der Waals surface area contributed by atoms with Gasteiger partial charge in [0, 0.05) is 13.1 Å². The molecule has 0 fully saturated rings. The van der Waals surface area contributed by atoms with Gasteiger partial charge >= 0.3 is 0 Å². The molecule has 1 N–H and O–H groups in total. The van der Waals surface area contributed by atoms with E-state index in [-0.39, 0.29) is 0 Å². The molecular formula is C14H23BrN2O2. The minimum absolute atomic E-state index is 0.633. The van der Waals surface area contributed by atoms with Gasteiger partial charge in [-0.25, -0.2) is 0 Å². The largest absolute Gasteiger partial charge is 0.493 e. The molecule has 0 atom stereocenters. The van der Waals surface area contributed by atoms with Gasteiger partial charge in [-0.1, -0.05) is 6.92 Å². The fourth-order valence-electron chi connectivity index (χ4n) is 1.61. The molecular weight excluding hydrogens is 308 g/mol. The average Bonchev–Trinajstić information content (AvgIpc) is 2.37. The number of likely N-dealkylation sites (N-methyl/N-ethyl adjacent to an activating group) is 1. The van der Waals surface area contributed by atoms with Crippen molar-refractivity contribution in [3.63, 3.8) is 0 Å². The molecule has 0 radical (unpaired) electrons. The number of hydrogen-bond acceptors (Lipinski definition) is 4. The summed E-state index contributed by atoms with van der Waals surface area (Å²) < 4.78 is 12.1. The van der Waals surface area contributed by atoms with Crippen molar-refractivity contribution in [2.75, 3.05) is 40.9 Å². The van der Waals surface area contributed by atoms with Crippen LogP contribution in [-0.2, 0) is 6.54 Å². The Hall–Kier alpha value is -0.780. The average molecular weight is 331 g/mol. The first-order valence-electron chi connectivity index (χ1n) is 6.43. The van der Waals surface area contributed by atoms with Gasteiger partial charge in [0.05, 0.1) is 11.6 Å². The molecule has 5 heteroatoms. The molecule has 0 heterocycles. The van der Waals surface area contributed by atoms with Crippen molar-refractivity contribution in [2.24, 2.45) is 0 Å². The van der Waals surface area contributed by atoms with Crippen LogP contribution < -0.4 is 14.8 Å². The first kappa shape index (κ1) is 16.3. The normalized spacial score (nSPS) is 10.8. The van der Waals surface area contributed by atoms with Crippen molar-refractivity contribution >= 4 is 15.9 Å². The quantitative estimate of drug-likeness (QED) is 0.794. The maximum Gasteiger partial charge on any atom is 0.175 e. The molecule has 0 spiro atoms. The highest BCUT2D eigenvalue weighted by atomic mass is 79.9. The van der Waals surface area contributed by atoms with E-state index in [9.17, 15) is 0 Å². The van der Waals surface area contributed by atoms with E-state index in [1.807, 2.05) is 20.2 Å². The van der Waals surface area contributed by atoms with Crippen molar-refractivity contribution in [1.29, 1.82) is 0 Å². The number of benzene rings is 1. The Morgan fingerprint density at radius 3 is 2.63 bits per heavy atom. The van der Waals surface area contributed by atoms with Crippen LogP contribution in [0.25, 0.3) is 0 Å². The monoisotopic (exact) mass is 330 g/mol.